The highest BCUT2D eigenvalue weighted by molar-refractivity contribution is 5.83. The fourth-order valence-electron chi connectivity index (χ4n) is 1.88. The topological polar surface area (TPSA) is 58.6 Å². The van der Waals surface area contributed by atoms with E-state index in [1.54, 1.807) is 0 Å². The second-order valence-corrected chi connectivity index (χ2v) is 4.39. The van der Waals surface area contributed by atoms with Gasteiger partial charge in [-0.2, -0.15) is 0 Å². The molecule has 0 spiro atoms. The summed E-state index contributed by atoms with van der Waals surface area (Å²) in [6.07, 6.45) is -0.444. The smallest absolute Gasteiger partial charge is 0.410 e. The molecule has 1 saturated heterocycles. The second kappa shape index (κ2) is 5.53. The molecule has 1 fully saturated rings. The van der Waals surface area contributed by atoms with Gasteiger partial charge in [0.25, 0.3) is 0 Å². The molecule has 0 bridgehead atoms. The van der Waals surface area contributed by atoms with Crippen LogP contribution < -0.4 is 5.32 Å². The van der Waals surface area contributed by atoms with Crippen molar-refractivity contribution < 1.29 is 14.3 Å². The van der Waals surface area contributed by atoms with Crippen LogP contribution in [-0.2, 0) is 16.1 Å². The molecule has 5 heteroatoms. The zero-order valence-electron chi connectivity index (χ0n) is 10.3. The lowest BCUT2D eigenvalue weighted by Crippen LogP contribution is -2.54. The Morgan fingerprint density at radius 2 is 2.17 bits per heavy atom. The summed E-state index contributed by atoms with van der Waals surface area (Å²) in [6, 6.07) is 9.43. The van der Waals surface area contributed by atoms with Gasteiger partial charge in [-0.3, -0.25) is 9.69 Å². The molecule has 0 saturated carbocycles. The summed E-state index contributed by atoms with van der Waals surface area (Å²) in [5.74, 6) is -0.148. The third kappa shape index (κ3) is 3.23. The van der Waals surface area contributed by atoms with Crippen LogP contribution in [0.2, 0.25) is 0 Å². The molecule has 1 heterocycles. The van der Waals surface area contributed by atoms with E-state index in [-0.39, 0.29) is 25.1 Å². The Bertz CT molecular complexity index is 433. The van der Waals surface area contributed by atoms with Crippen molar-refractivity contribution >= 4 is 12.0 Å². The summed E-state index contributed by atoms with van der Waals surface area (Å²) >= 11 is 0. The summed E-state index contributed by atoms with van der Waals surface area (Å²) in [5.41, 5.74) is 0.931. The molecule has 1 N–H and O–H groups in total. The first kappa shape index (κ1) is 12.4. The average molecular weight is 248 g/mol. The number of benzene rings is 1. The minimum Gasteiger partial charge on any atom is -0.445 e. The summed E-state index contributed by atoms with van der Waals surface area (Å²) in [4.78, 5) is 24.5. The fourth-order valence-corrected chi connectivity index (χ4v) is 1.88. The minimum absolute atomic E-state index is 0.0319. The van der Waals surface area contributed by atoms with Gasteiger partial charge >= 0.3 is 6.09 Å². The zero-order chi connectivity index (χ0) is 13.0. The first-order chi connectivity index (χ1) is 8.65. The van der Waals surface area contributed by atoms with Gasteiger partial charge in [0.15, 0.2) is 0 Å². The van der Waals surface area contributed by atoms with E-state index in [9.17, 15) is 9.59 Å². The van der Waals surface area contributed by atoms with Gasteiger partial charge in [0.05, 0.1) is 0 Å². The molecule has 1 aliphatic rings. The second-order valence-electron chi connectivity index (χ2n) is 4.39. The van der Waals surface area contributed by atoms with Crippen LogP contribution in [0.3, 0.4) is 0 Å². The number of amides is 2. The Morgan fingerprint density at radius 3 is 2.83 bits per heavy atom. The lowest BCUT2D eigenvalue weighted by atomic mass is 10.2. The molecule has 0 radical (unpaired) electrons. The standard InChI is InChI=1S/C13H16N2O3/c1-10-7-15(8-12(16)14-10)13(17)18-9-11-5-3-2-4-6-11/h2-6,10H,7-9H2,1H3,(H,14,16)/t10-/m0/s1. The van der Waals surface area contributed by atoms with Crippen LogP contribution in [0.4, 0.5) is 4.79 Å². The monoisotopic (exact) mass is 248 g/mol. The van der Waals surface area contributed by atoms with Gasteiger partial charge in [-0.15, -0.1) is 0 Å². The van der Waals surface area contributed by atoms with Crippen LogP contribution in [0.25, 0.3) is 0 Å². The molecule has 0 unspecified atom stereocenters. The van der Waals surface area contributed by atoms with Gasteiger partial charge in [0.1, 0.15) is 13.2 Å². The third-order valence-electron chi connectivity index (χ3n) is 2.70. The number of piperazine rings is 1. The number of nitrogens with one attached hydrogen (secondary N) is 1. The molecule has 1 aromatic rings. The van der Waals surface area contributed by atoms with Crippen molar-refractivity contribution in [2.75, 3.05) is 13.1 Å². The molecule has 5 nitrogen and oxygen atoms in total. The quantitative estimate of drug-likeness (QED) is 0.854. The maximum atomic E-state index is 11.8. The molecule has 2 amide bonds. The number of ether oxygens (including phenoxy) is 1. The van der Waals surface area contributed by atoms with Crippen LogP contribution in [0.5, 0.6) is 0 Å². The Morgan fingerprint density at radius 1 is 1.44 bits per heavy atom. The molecule has 18 heavy (non-hydrogen) atoms. The zero-order valence-corrected chi connectivity index (χ0v) is 10.3. The molecule has 0 aliphatic carbocycles. The normalized spacial score (nSPS) is 19.3. The van der Waals surface area contributed by atoms with Crippen LogP contribution in [0.15, 0.2) is 30.3 Å². The van der Waals surface area contributed by atoms with Gasteiger partial charge in [0, 0.05) is 12.6 Å². The van der Waals surface area contributed by atoms with Crippen molar-refractivity contribution in [3.63, 3.8) is 0 Å². The van der Waals surface area contributed by atoms with Crippen molar-refractivity contribution in [1.29, 1.82) is 0 Å². The maximum Gasteiger partial charge on any atom is 0.410 e. The number of hydrogen-bond donors (Lipinski definition) is 1. The number of carbonyl (C=O) groups excluding carboxylic acids is 2. The van der Waals surface area contributed by atoms with Crippen molar-refractivity contribution in [3.05, 3.63) is 35.9 Å². The van der Waals surface area contributed by atoms with E-state index in [1.807, 2.05) is 37.3 Å². The van der Waals surface area contributed by atoms with E-state index in [0.717, 1.165) is 5.56 Å². The Hall–Kier alpha value is -2.04. The van der Waals surface area contributed by atoms with Crippen LogP contribution >= 0.6 is 0 Å². The first-order valence-electron chi connectivity index (χ1n) is 5.90. The number of hydrogen-bond acceptors (Lipinski definition) is 3. The largest absolute Gasteiger partial charge is 0.445 e. The van der Waals surface area contributed by atoms with E-state index in [4.69, 9.17) is 4.74 Å². The molecular formula is C13H16N2O3. The van der Waals surface area contributed by atoms with Crippen molar-refractivity contribution in [2.24, 2.45) is 0 Å². The van der Waals surface area contributed by atoms with E-state index < -0.39 is 6.09 Å². The van der Waals surface area contributed by atoms with Crippen molar-refractivity contribution in [2.45, 2.75) is 19.6 Å². The summed E-state index contributed by atoms with van der Waals surface area (Å²) in [5, 5.41) is 2.75. The molecule has 0 aromatic heterocycles. The van der Waals surface area contributed by atoms with E-state index in [1.165, 1.54) is 4.90 Å². The Labute approximate surface area is 106 Å². The number of carbonyl (C=O) groups is 2. The maximum absolute atomic E-state index is 11.8. The first-order valence-corrected chi connectivity index (χ1v) is 5.90. The third-order valence-corrected chi connectivity index (χ3v) is 2.70. The molecule has 96 valence electrons. The van der Waals surface area contributed by atoms with Crippen LogP contribution in [0.1, 0.15) is 12.5 Å². The SMILES string of the molecule is C[C@H]1CN(C(=O)OCc2ccccc2)CC(=O)N1. The van der Waals surface area contributed by atoms with Gasteiger partial charge in [-0.25, -0.2) is 4.79 Å². The van der Waals surface area contributed by atoms with E-state index >= 15 is 0 Å². The predicted molar refractivity (Wildman–Crippen MR) is 65.8 cm³/mol. The lowest BCUT2D eigenvalue weighted by Gasteiger charge is -2.30. The fraction of sp³-hybridized carbons (Fsp3) is 0.385. The Kier molecular flexibility index (Phi) is 3.82. The predicted octanol–water partition coefficient (Wildman–Crippen LogP) is 1.14. The van der Waals surface area contributed by atoms with Gasteiger partial charge in [0.2, 0.25) is 5.91 Å². The van der Waals surface area contributed by atoms with E-state index in [2.05, 4.69) is 5.32 Å². The van der Waals surface area contributed by atoms with Crippen LogP contribution in [-0.4, -0.2) is 36.0 Å². The lowest BCUT2D eigenvalue weighted by molar-refractivity contribution is -0.124. The van der Waals surface area contributed by atoms with Crippen LogP contribution in [0, 0.1) is 0 Å². The molecular weight excluding hydrogens is 232 g/mol. The summed E-state index contributed by atoms with van der Waals surface area (Å²) in [7, 11) is 0. The molecule has 1 aromatic carbocycles. The van der Waals surface area contributed by atoms with Gasteiger partial charge in [-0.1, -0.05) is 30.3 Å². The highest BCUT2D eigenvalue weighted by atomic mass is 16.6. The average Bonchev–Trinajstić information content (AvgIpc) is 2.36. The van der Waals surface area contributed by atoms with Gasteiger partial charge < -0.3 is 10.1 Å². The minimum atomic E-state index is -0.444. The van der Waals surface area contributed by atoms with Gasteiger partial charge in [-0.05, 0) is 12.5 Å². The highest BCUT2D eigenvalue weighted by Gasteiger charge is 2.26. The van der Waals surface area contributed by atoms with E-state index in [0.29, 0.717) is 6.54 Å². The molecule has 2 rings (SSSR count). The molecule has 1 atom stereocenters. The Balaban J connectivity index is 1.86. The number of nitrogens with zero attached hydrogens (tertiary/aromatic N) is 1. The summed E-state index contributed by atoms with van der Waals surface area (Å²) < 4.78 is 5.17. The summed E-state index contributed by atoms with van der Waals surface area (Å²) in [6.45, 7) is 2.64. The van der Waals surface area contributed by atoms with Crippen molar-refractivity contribution in [3.8, 4) is 0 Å². The highest BCUT2D eigenvalue weighted by Crippen LogP contribution is 2.06. The van der Waals surface area contributed by atoms with Crippen molar-refractivity contribution in [1.82, 2.24) is 10.2 Å². The number of rotatable bonds is 2. The molecule has 1 aliphatic heterocycles.